The van der Waals surface area contributed by atoms with E-state index < -0.39 is 18.4 Å². The second kappa shape index (κ2) is 3.41. The van der Waals surface area contributed by atoms with E-state index in [0.717, 1.165) is 3.59 Å². The van der Waals surface area contributed by atoms with Gasteiger partial charge in [0.25, 0.3) is 0 Å². The first kappa shape index (κ1) is 10.0. The maximum atomic E-state index is 10.9. The molecule has 0 radical (unpaired) electrons. The molecule has 10 heavy (non-hydrogen) atoms. The Labute approximate surface area is 66.1 Å². The van der Waals surface area contributed by atoms with Gasteiger partial charge in [0.05, 0.1) is 0 Å². The summed E-state index contributed by atoms with van der Waals surface area (Å²) in [5.74, 6) is -0.233. The second-order valence-corrected chi connectivity index (χ2v) is 17.8. The molecule has 0 fully saturated rings. The van der Waals surface area contributed by atoms with Gasteiger partial charge in [-0.15, -0.1) is 0 Å². The van der Waals surface area contributed by atoms with E-state index in [2.05, 4.69) is 26.1 Å². The van der Waals surface area contributed by atoms with Crippen molar-refractivity contribution in [2.24, 2.45) is 0 Å². The number of carbonyl (C=O) groups is 1. The third kappa shape index (κ3) is 2.73. The van der Waals surface area contributed by atoms with Crippen LogP contribution in [-0.4, -0.2) is 31.5 Å². The molecule has 0 bridgehead atoms. The van der Waals surface area contributed by atoms with Gasteiger partial charge >= 0.3 is 66.0 Å². The van der Waals surface area contributed by atoms with Crippen molar-refractivity contribution in [3.05, 3.63) is 10.2 Å². The molecule has 0 aromatic rings. The Balaban J connectivity index is 4.24. The van der Waals surface area contributed by atoms with Crippen LogP contribution in [0.15, 0.2) is 10.2 Å². The molecule has 0 aliphatic carbocycles. The van der Waals surface area contributed by atoms with Gasteiger partial charge in [-0.3, -0.25) is 0 Å². The van der Waals surface area contributed by atoms with E-state index in [9.17, 15) is 4.79 Å². The molecular weight excluding hydrogens is 235 g/mol. The van der Waals surface area contributed by atoms with E-state index in [-0.39, 0.29) is 5.97 Å². The molecule has 0 spiro atoms. The van der Waals surface area contributed by atoms with Crippen LogP contribution in [0.4, 0.5) is 0 Å². The monoisotopic (exact) mass is 250 g/mol. The van der Waals surface area contributed by atoms with Crippen molar-refractivity contribution >= 4 is 24.3 Å². The molecule has 0 aliphatic rings. The van der Waals surface area contributed by atoms with Crippen molar-refractivity contribution in [1.82, 2.24) is 0 Å². The molecule has 0 saturated carbocycles. The molecule has 3 heteroatoms. The van der Waals surface area contributed by atoms with Crippen LogP contribution in [-0.2, 0) is 9.53 Å². The molecular formula is C7H14O2Sn. The summed E-state index contributed by atoms with van der Waals surface area (Å²) in [5, 5.41) is 0. The van der Waals surface area contributed by atoms with Crippen molar-refractivity contribution in [3.8, 4) is 0 Å². The first-order valence-electron chi connectivity index (χ1n) is 3.17. The first-order chi connectivity index (χ1) is 4.39. The van der Waals surface area contributed by atoms with E-state index in [1.165, 1.54) is 7.11 Å². The van der Waals surface area contributed by atoms with Crippen molar-refractivity contribution in [2.45, 2.75) is 14.8 Å². The fraction of sp³-hybridized carbons (Fsp3) is 0.571. The molecule has 0 unspecified atom stereocenters. The average molecular weight is 249 g/mol. The normalized spacial score (nSPS) is 10.8. The zero-order valence-corrected chi connectivity index (χ0v) is 9.88. The first-order valence-corrected chi connectivity index (χ1v) is 13.2. The van der Waals surface area contributed by atoms with Gasteiger partial charge in [0, 0.05) is 0 Å². The molecule has 2 nitrogen and oxygen atoms in total. The summed E-state index contributed by atoms with van der Waals surface area (Å²) in [6.07, 6.45) is 0. The molecule has 0 aromatic carbocycles. The van der Waals surface area contributed by atoms with Gasteiger partial charge in [-0.05, 0) is 0 Å². The van der Waals surface area contributed by atoms with Crippen LogP contribution in [0.3, 0.4) is 0 Å². The topological polar surface area (TPSA) is 26.3 Å². The summed E-state index contributed by atoms with van der Waals surface area (Å²) < 4.78 is 5.27. The Hall–Kier alpha value is 0.00870. The molecule has 0 rings (SSSR count). The van der Waals surface area contributed by atoms with Crippen molar-refractivity contribution in [3.63, 3.8) is 0 Å². The van der Waals surface area contributed by atoms with E-state index in [0.29, 0.717) is 0 Å². The molecule has 0 amide bonds. The Morgan fingerprint density at radius 2 is 1.80 bits per heavy atom. The Kier molecular flexibility index (Phi) is 3.42. The number of methoxy groups -OCH3 is 1. The minimum atomic E-state index is -2.19. The van der Waals surface area contributed by atoms with Crippen LogP contribution in [0, 0.1) is 0 Å². The SMILES string of the molecule is C=[C](C(=O)OC)[Sn]([CH3])([CH3])[CH3]. The Bertz CT molecular complexity index is 155. The van der Waals surface area contributed by atoms with E-state index >= 15 is 0 Å². The fourth-order valence-corrected chi connectivity index (χ4v) is 2.47. The van der Waals surface area contributed by atoms with Crippen LogP contribution < -0.4 is 0 Å². The zero-order chi connectivity index (χ0) is 8.36. The van der Waals surface area contributed by atoms with Crippen molar-refractivity contribution in [1.29, 1.82) is 0 Å². The van der Waals surface area contributed by atoms with E-state index in [1.54, 1.807) is 0 Å². The van der Waals surface area contributed by atoms with E-state index in [4.69, 9.17) is 0 Å². The predicted molar refractivity (Wildman–Crippen MR) is 44.5 cm³/mol. The van der Waals surface area contributed by atoms with Gasteiger partial charge in [-0.25, -0.2) is 0 Å². The minimum absolute atomic E-state index is 0.233. The zero-order valence-electron chi connectivity index (χ0n) is 7.02. The van der Waals surface area contributed by atoms with Crippen LogP contribution in [0.2, 0.25) is 14.8 Å². The fourth-order valence-electron chi connectivity index (χ4n) is 0.429. The van der Waals surface area contributed by atoms with E-state index in [1.807, 2.05) is 0 Å². The summed E-state index contributed by atoms with van der Waals surface area (Å²) in [6, 6.07) is 0. The predicted octanol–water partition coefficient (Wildman–Crippen LogP) is 1.59. The van der Waals surface area contributed by atoms with Crippen molar-refractivity contribution in [2.75, 3.05) is 7.11 Å². The molecule has 58 valence electrons. The summed E-state index contributed by atoms with van der Waals surface area (Å²) in [5.41, 5.74) is 0. The maximum absolute atomic E-state index is 10.9. The summed E-state index contributed by atoms with van der Waals surface area (Å²) in [7, 11) is 1.39. The standard InChI is InChI=1S/C4H5O2.3CH3.Sn/c1-3-4(5)6-2;;;;/h1H2,2H3;3*1H3;. The quantitative estimate of drug-likeness (QED) is 0.422. The van der Waals surface area contributed by atoms with Crippen LogP contribution in [0.5, 0.6) is 0 Å². The number of ether oxygens (including phenoxy) is 1. The summed E-state index contributed by atoms with van der Waals surface area (Å²) >= 11 is -2.19. The van der Waals surface area contributed by atoms with Gasteiger partial charge in [0.2, 0.25) is 0 Å². The molecule has 0 aromatic heterocycles. The number of esters is 1. The molecule has 0 atom stereocenters. The van der Waals surface area contributed by atoms with Gasteiger partial charge in [0.15, 0.2) is 0 Å². The van der Waals surface area contributed by atoms with Gasteiger partial charge in [-0.1, -0.05) is 0 Å². The Morgan fingerprint density at radius 3 is 1.90 bits per heavy atom. The Morgan fingerprint density at radius 1 is 1.40 bits per heavy atom. The molecule has 0 N–H and O–H groups in total. The number of rotatable bonds is 2. The van der Waals surface area contributed by atoms with Gasteiger partial charge in [-0.2, -0.15) is 0 Å². The second-order valence-electron chi connectivity index (χ2n) is 3.22. The number of hydrogen-bond donors (Lipinski definition) is 0. The molecule has 0 heterocycles. The number of carbonyl (C=O) groups excluding carboxylic acids is 1. The van der Waals surface area contributed by atoms with Gasteiger partial charge in [0.1, 0.15) is 0 Å². The third-order valence-corrected chi connectivity index (χ3v) is 7.09. The van der Waals surface area contributed by atoms with Crippen LogP contribution in [0.1, 0.15) is 0 Å². The summed E-state index contributed by atoms with van der Waals surface area (Å²) in [4.78, 5) is 17.3. The van der Waals surface area contributed by atoms with Crippen molar-refractivity contribution < 1.29 is 9.53 Å². The molecule has 0 aliphatic heterocycles. The average Bonchev–Trinajstić information content (AvgIpc) is 1.83. The summed E-state index contributed by atoms with van der Waals surface area (Å²) in [6.45, 7) is 3.72. The van der Waals surface area contributed by atoms with Gasteiger partial charge < -0.3 is 0 Å². The number of hydrogen-bond acceptors (Lipinski definition) is 2. The van der Waals surface area contributed by atoms with Crippen LogP contribution in [0.25, 0.3) is 0 Å². The third-order valence-electron chi connectivity index (χ3n) is 1.34. The molecule has 0 saturated heterocycles. The van der Waals surface area contributed by atoms with Crippen LogP contribution >= 0.6 is 0 Å².